The van der Waals surface area contributed by atoms with Crippen LogP contribution in [-0.2, 0) is 0 Å². The molecule has 0 fully saturated rings. The first-order chi connectivity index (χ1) is 5.75. The van der Waals surface area contributed by atoms with Crippen molar-refractivity contribution in [2.45, 2.75) is 32.7 Å². The summed E-state index contributed by atoms with van der Waals surface area (Å²) in [5, 5.41) is 2.50. The molecule has 0 saturated heterocycles. The van der Waals surface area contributed by atoms with Crippen LogP contribution in [0.5, 0.6) is 0 Å². The monoisotopic (exact) mass is 181 g/mol. The van der Waals surface area contributed by atoms with Gasteiger partial charge in [-0.05, 0) is 31.0 Å². The number of thiocarbonyl (C=S) groups is 1. The molecular weight excluding hydrogens is 166 g/mol. The maximum Gasteiger partial charge on any atom is 0.0670 e. The van der Waals surface area contributed by atoms with Crippen molar-refractivity contribution in [3.8, 4) is 0 Å². The third-order valence-electron chi connectivity index (χ3n) is 2.42. The summed E-state index contributed by atoms with van der Waals surface area (Å²) in [4.78, 5) is 4.20. The third kappa shape index (κ3) is 2.26. The lowest BCUT2D eigenvalue weighted by atomic mass is 9.83. The van der Waals surface area contributed by atoms with Gasteiger partial charge in [0, 0.05) is 5.92 Å². The minimum atomic E-state index is 0.382. The summed E-state index contributed by atoms with van der Waals surface area (Å²) in [7, 11) is 0. The van der Waals surface area contributed by atoms with E-state index in [2.05, 4.69) is 48.4 Å². The lowest BCUT2D eigenvalue weighted by Crippen LogP contribution is -2.24. The van der Waals surface area contributed by atoms with Crippen LogP contribution in [0.2, 0.25) is 0 Å². The fourth-order valence-electron chi connectivity index (χ4n) is 1.73. The molecule has 12 heavy (non-hydrogen) atoms. The van der Waals surface area contributed by atoms with Gasteiger partial charge >= 0.3 is 0 Å². The van der Waals surface area contributed by atoms with Crippen molar-refractivity contribution in [3.63, 3.8) is 0 Å². The van der Waals surface area contributed by atoms with E-state index in [1.807, 2.05) is 0 Å². The van der Waals surface area contributed by atoms with E-state index >= 15 is 0 Å². The Bertz CT molecular complexity index is 214. The van der Waals surface area contributed by atoms with Crippen molar-refractivity contribution in [1.82, 2.24) is 0 Å². The molecule has 0 saturated carbocycles. The second-order valence-corrected chi connectivity index (χ2v) is 3.80. The Morgan fingerprint density at radius 3 is 2.92 bits per heavy atom. The molecular formula is C10H15NS. The van der Waals surface area contributed by atoms with Gasteiger partial charge in [0.25, 0.3) is 0 Å². The first-order valence-electron chi connectivity index (χ1n) is 4.49. The van der Waals surface area contributed by atoms with E-state index in [4.69, 9.17) is 0 Å². The molecule has 0 aromatic carbocycles. The molecule has 0 aromatic rings. The second kappa shape index (κ2) is 4.54. The Morgan fingerprint density at radius 1 is 1.58 bits per heavy atom. The highest BCUT2D eigenvalue weighted by Gasteiger charge is 2.23. The smallest absolute Gasteiger partial charge is 0.0670 e. The van der Waals surface area contributed by atoms with Crippen LogP contribution in [-0.4, -0.2) is 11.2 Å². The number of hydrogen-bond acceptors (Lipinski definition) is 2. The van der Waals surface area contributed by atoms with Gasteiger partial charge in [0.1, 0.15) is 0 Å². The lowest BCUT2D eigenvalue weighted by Gasteiger charge is -2.26. The van der Waals surface area contributed by atoms with Crippen molar-refractivity contribution >= 4 is 17.4 Å². The van der Waals surface area contributed by atoms with Gasteiger partial charge in [-0.25, -0.2) is 4.99 Å². The maximum atomic E-state index is 4.63. The SMILES string of the molecule is CC(C)C1C=CCCC1N=C=S. The van der Waals surface area contributed by atoms with Crippen LogP contribution in [0, 0.1) is 11.8 Å². The Balaban J connectivity index is 2.71. The topological polar surface area (TPSA) is 12.4 Å². The van der Waals surface area contributed by atoms with E-state index in [-0.39, 0.29) is 0 Å². The van der Waals surface area contributed by atoms with E-state index in [0.717, 1.165) is 12.8 Å². The number of hydrogen-bond donors (Lipinski definition) is 0. The van der Waals surface area contributed by atoms with Gasteiger partial charge in [-0.1, -0.05) is 26.0 Å². The first kappa shape index (κ1) is 9.63. The van der Waals surface area contributed by atoms with Gasteiger partial charge in [0.05, 0.1) is 11.2 Å². The fraction of sp³-hybridized carbons (Fsp3) is 0.700. The third-order valence-corrected chi connectivity index (χ3v) is 2.53. The largest absolute Gasteiger partial charge is 0.229 e. The van der Waals surface area contributed by atoms with Crippen LogP contribution in [0.1, 0.15) is 26.7 Å². The molecule has 2 unspecified atom stereocenters. The molecule has 0 heterocycles. The number of allylic oxidation sites excluding steroid dienone is 1. The molecule has 0 bridgehead atoms. The first-order valence-corrected chi connectivity index (χ1v) is 4.90. The summed E-state index contributed by atoms with van der Waals surface area (Å²) in [6, 6.07) is 0.382. The van der Waals surface area contributed by atoms with Crippen LogP contribution < -0.4 is 0 Å². The fourth-order valence-corrected chi connectivity index (χ4v) is 1.86. The summed E-state index contributed by atoms with van der Waals surface area (Å²) < 4.78 is 0. The molecule has 0 amide bonds. The van der Waals surface area contributed by atoms with Crippen molar-refractivity contribution in [3.05, 3.63) is 12.2 Å². The zero-order valence-corrected chi connectivity index (χ0v) is 8.47. The molecule has 2 atom stereocenters. The van der Waals surface area contributed by atoms with Crippen molar-refractivity contribution in [2.24, 2.45) is 16.8 Å². The summed E-state index contributed by atoms with van der Waals surface area (Å²) in [6.07, 6.45) is 6.78. The van der Waals surface area contributed by atoms with Gasteiger partial charge < -0.3 is 0 Å². The van der Waals surface area contributed by atoms with E-state index in [9.17, 15) is 0 Å². The highest BCUT2D eigenvalue weighted by atomic mass is 32.1. The summed E-state index contributed by atoms with van der Waals surface area (Å²) >= 11 is 4.63. The van der Waals surface area contributed by atoms with Crippen LogP contribution in [0.4, 0.5) is 0 Å². The molecule has 66 valence electrons. The minimum absolute atomic E-state index is 0.382. The summed E-state index contributed by atoms with van der Waals surface area (Å²) in [5.74, 6) is 1.22. The van der Waals surface area contributed by atoms with Gasteiger partial charge in [0.2, 0.25) is 0 Å². The lowest BCUT2D eigenvalue weighted by molar-refractivity contribution is 0.362. The van der Waals surface area contributed by atoms with E-state index in [0.29, 0.717) is 17.9 Å². The van der Waals surface area contributed by atoms with Crippen LogP contribution >= 0.6 is 12.2 Å². The number of isothiocyanates is 1. The molecule has 0 N–H and O–H groups in total. The number of aliphatic imine (C=N–C) groups is 1. The van der Waals surface area contributed by atoms with Crippen molar-refractivity contribution < 1.29 is 0 Å². The van der Waals surface area contributed by atoms with Gasteiger partial charge in [-0.15, -0.1) is 0 Å². The molecule has 2 heteroatoms. The second-order valence-electron chi connectivity index (χ2n) is 3.61. The molecule has 0 aromatic heterocycles. The Labute approximate surface area is 79.6 Å². The number of nitrogens with zero attached hydrogens (tertiary/aromatic N) is 1. The highest BCUT2D eigenvalue weighted by molar-refractivity contribution is 7.78. The van der Waals surface area contributed by atoms with Gasteiger partial charge in [0.15, 0.2) is 0 Å². The molecule has 0 aliphatic heterocycles. The van der Waals surface area contributed by atoms with E-state index in [1.54, 1.807) is 0 Å². The normalized spacial score (nSPS) is 28.6. The molecule has 1 aliphatic rings. The number of rotatable bonds is 2. The molecule has 1 aliphatic carbocycles. The standard InChI is InChI=1S/C10H15NS/c1-8(2)9-5-3-4-6-10(9)11-7-12/h3,5,8-10H,4,6H2,1-2H3. The van der Waals surface area contributed by atoms with Crippen LogP contribution in [0.25, 0.3) is 0 Å². The van der Waals surface area contributed by atoms with Gasteiger partial charge in [-0.3, -0.25) is 0 Å². The molecule has 1 rings (SSSR count). The van der Waals surface area contributed by atoms with E-state index in [1.165, 1.54) is 0 Å². The molecule has 0 spiro atoms. The van der Waals surface area contributed by atoms with Crippen molar-refractivity contribution in [1.29, 1.82) is 0 Å². The van der Waals surface area contributed by atoms with Crippen LogP contribution in [0.15, 0.2) is 17.1 Å². The maximum absolute atomic E-state index is 4.63. The zero-order valence-electron chi connectivity index (χ0n) is 7.66. The Morgan fingerprint density at radius 2 is 2.33 bits per heavy atom. The Kier molecular flexibility index (Phi) is 3.64. The predicted molar refractivity (Wildman–Crippen MR) is 55.5 cm³/mol. The summed E-state index contributed by atoms with van der Waals surface area (Å²) in [5.41, 5.74) is 0. The van der Waals surface area contributed by atoms with E-state index < -0.39 is 0 Å². The summed E-state index contributed by atoms with van der Waals surface area (Å²) in [6.45, 7) is 4.46. The van der Waals surface area contributed by atoms with Crippen LogP contribution in [0.3, 0.4) is 0 Å². The molecule has 0 radical (unpaired) electrons. The predicted octanol–water partition coefficient (Wildman–Crippen LogP) is 3.08. The molecule has 1 nitrogen and oxygen atoms in total. The average molecular weight is 181 g/mol. The Hall–Kier alpha value is -0.460. The quantitative estimate of drug-likeness (QED) is 0.362. The zero-order chi connectivity index (χ0) is 8.97. The minimum Gasteiger partial charge on any atom is -0.229 e. The van der Waals surface area contributed by atoms with Crippen molar-refractivity contribution in [2.75, 3.05) is 0 Å². The average Bonchev–Trinajstić information content (AvgIpc) is 2.05. The van der Waals surface area contributed by atoms with Gasteiger partial charge in [-0.2, -0.15) is 0 Å². The highest BCUT2D eigenvalue weighted by Crippen LogP contribution is 2.26.